The van der Waals surface area contributed by atoms with Crippen LogP contribution in [0.4, 0.5) is 0 Å². The Bertz CT molecular complexity index is 636. The number of hydrogen-bond donors (Lipinski definition) is 1. The Labute approximate surface area is 137 Å². The highest BCUT2D eigenvalue weighted by molar-refractivity contribution is 5.22. The molecule has 1 fully saturated rings. The first-order valence-corrected chi connectivity index (χ1v) is 8.33. The van der Waals surface area contributed by atoms with Crippen LogP contribution in [0.5, 0.6) is 0 Å². The van der Waals surface area contributed by atoms with Crippen LogP contribution in [-0.4, -0.2) is 28.2 Å². The third-order valence-electron chi connectivity index (χ3n) is 4.78. The van der Waals surface area contributed by atoms with E-state index in [9.17, 15) is 0 Å². The van der Waals surface area contributed by atoms with Crippen LogP contribution < -0.4 is 5.32 Å². The van der Waals surface area contributed by atoms with Gasteiger partial charge < -0.3 is 14.6 Å². The molecule has 1 unspecified atom stereocenters. The maximum atomic E-state index is 5.45. The quantitative estimate of drug-likeness (QED) is 0.918. The van der Waals surface area contributed by atoms with Gasteiger partial charge in [0.2, 0.25) is 0 Å². The SMILES string of the molecule is Cc1noc(C)c1CNC(C)c1cc(C2CCOCC2)nn1C. The zero-order valence-corrected chi connectivity index (χ0v) is 14.4. The molecule has 1 atom stereocenters. The smallest absolute Gasteiger partial charge is 0.138 e. The molecule has 0 radical (unpaired) electrons. The van der Waals surface area contributed by atoms with Crippen LogP contribution in [0, 0.1) is 13.8 Å². The summed E-state index contributed by atoms with van der Waals surface area (Å²) >= 11 is 0. The summed E-state index contributed by atoms with van der Waals surface area (Å²) in [6.07, 6.45) is 2.13. The van der Waals surface area contributed by atoms with Crippen LogP contribution in [0.3, 0.4) is 0 Å². The van der Waals surface area contributed by atoms with E-state index in [2.05, 4.69) is 23.5 Å². The average Bonchev–Trinajstić information content (AvgIpc) is 3.09. The minimum Gasteiger partial charge on any atom is -0.381 e. The van der Waals surface area contributed by atoms with Gasteiger partial charge in [-0.1, -0.05) is 5.16 Å². The lowest BCUT2D eigenvalue weighted by Gasteiger charge is -2.19. The molecule has 6 nitrogen and oxygen atoms in total. The van der Waals surface area contributed by atoms with E-state index in [0.29, 0.717) is 5.92 Å². The van der Waals surface area contributed by atoms with Gasteiger partial charge in [-0.2, -0.15) is 5.10 Å². The lowest BCUT2D eigenvalue weighted by Crippen LogP contribution is -2.21. The Morgan fingerprint density at radius 3 is 2.74 bits per heavy atom. The van der Waals surface area contributed by atoms with E-state index in [4.69, 9.17) is 14.4 Å². The van der Waals surface area contributed by atoms with Crippen LogP contribution >= 0.6 is 0 Å². The van der Waals surface area contributed by atoms with Crippen LogP contribution in [0.15, 0.2) is 10.6 Å². The zero-order chi connectivity index (χ0) is 16.4. The monoisotopic (exact) mass is 318 g/mol. The molecule has 1 N–H and O–H groups in total. The Morgan fingerprint density at radius 2 is 2.09 bits per heavy atom. The molecule has 1 aliphatic rings. The normalized spacial score (nSPS) is 17.6. The first-order valence-electron chi connectivity index (χ1n) is 8.33. The molecule has 0 amide bonds. The van der Waals surface area contributed by atoms with Crippen LogP contribution in [0.2, 0.25) is 0 Å². The molecule has 6 heteroatoms. The standard InChI is InChI=1S/C17H26N4O2/c1-11-15(13(3)23-20-11)10-18-12(2)17-9-16(19-21(17)4)14-5-7-22-8-6-14/h9,12,14,18H,5-8,10H2,1-4H3. The number of ether oxygens (including phenoxy) is 1. The molecule has 0 aromatic carbocycles. The van der Waals surface area contributed by atoms with Gasteiger partial charge in [0.05, 0.1) is 17.1 Å². The Balaban J connectivity index is 1.67. The van der Waals surface area contributed by atoms with Crippen molar-refractivity contribution in [1.29, 1.82) is 0 Å². The summed E-state index contributed by atoms with van der Waals surface area (Å²) in [6.45, 7) is 8.54. The summed E-state index contributed by atoms with van der Waals surface area (Å²) in [7, 11) is 2.02. The van der Waals surface area contributed by atoms with E-state index in [1.807, 2.05) is 25.6 Å². The lowest BCUT2D eigenvalue weighted by atomic mass is 9.96. The zero-order valence-electron chi connectivity index (χ0n) is 14.4. The first-order chi connectivity index (χ1) is 11.1. The van der Waals surface area contributed by atoms with Crippen molar-refractivity contribution in [2.24, 2.45) is 7.05 Å². The molecule has 1 saturated heterocycles. The number of nitrogens with one attached hydrogen (secondary N) is 1. The maximum absolute atomic E-state index is 5.45. The van der Waals surface area contributed by atoms with Gasteiger partial charge in [-0.15, -0.1) is 0 Å². The van der Waals surface area contributed by atoms with E-state index in [-0.39, 0.29) is 6.04 Å². The van der Waals surface area contributed by atoms with Crippen LogP contribution in [0.25, 0.3) is 0 Å². The number of rotatable bonds is 5. The van der Waals surface area contributed by atoms with Gasteiger partial charge in [-0.3, -0.25) is 4.68 Å². The van der Waals surface area contributed by atoms with Crippen molar-refractivity contribution in [3.8, 4) is 0 Å². The fourth-order valence-electron chi connectivity index (χ4n) is 3.22. The van der Waals surface area contributed by atoms with E-state index in [1.165, 1.54) is 11.4 Å². The molecule has 23 heavy (non-hydrogen) atoms. The second-order valence-corrected chi connectivity index (χ2v) is 6.41. The van der Waals surface area contributed by atoms with E-state index >= 15 is 0 Å². The Kier molecular flexibility index (Phi) is 4.82. The molecule has 1 aliphatic heterocycles. The summed E-state index contributed by atoms with van der Waals surface area (Å²) in [5.74, 6) is 1.41. The average molecular weight is 318 g/mol. The summed E-state index contributed by atoms with van der Waals surface area (Å²) < 4.78 is 12.7. The van der Waals surface area contributed by atoms with Crippen LogP contribution in [0.1, 0.15) is 60.1 Å². The van der Waals surface area contributed by atoms with Gasteiger partial charge >= 0.3 is 0 Å². The fourth-order valence-corrected chi connectivity index (χ4v) is 3.22. The topological polar surface area (TPSA) is 65.1 Å². The summed E-state index contributed by atoms with van der Waals surface area (Å²) in [5, 5.41) is 12.3. The number of aromatic nitrogens is 3. The number of hydrogen-bond acceptors (Lipinski definition) is 5. The predicted octanol–water partition coefficient (Wildman–Crippen LogP) is 2.77. The largest absolute Gasteiger partial charge is 0.381 e. The van der Waals surface area contributed by atoms with Gasteiger partial charge in [0.1, 0.15) is 5.76 Å². The van der Waals surface area contributed by atoms with Gasteiger partial charge in [-0.25, -0.2) is 0 Å². The number of aryl methyl sites for hydroxylation is 3. The van der Waals surface area contributed by atoms with Crippen LogP contribution in [-0.2, 0) is 18.3 Å². The van der Waals surface area contributed by atoms with Gasteiger partial charge in [0, 0.05) is 44.3 Å². The fraction of sp³-hybridized carbons (Fsp3) is 0.647. The van der Waals surface area contributed by atoms with E-state index in [0.717, 1.165) is 49.6 Å². The third-order valence-corrected chi connectivity index (χ3v) is 4.78. The second-order valence-electron chi connectivity index (χ2n) is 6.41. The Hall–Kier alpha value is -1.66. The highest BCUT2D eigenvalue weighted by atomic mass is 16.5. The molecule has 2 aromatic heterocycles. The van der Waals surface area contributed by atoms with Crippen molar-refractivity contribution >= 4 is 0 Å². The van der Waals surface area contributed by atoms with E-state index < -0.39 is 0 Å². The van der Waals surface area contributed by atoms with Crippen molar-refractivity contribution in [3.05, 3.63) is 34.5 Å². The molecule has 3 heterocycles. The molecule has 0 bridgehead atoms. The summed E-state index contributed by atoms with van der Waals surface area (Å²) in [4.78, 5) is 0. The third kappa shape index (κ3) is 3.48. The molecule has 126 valence electrons. The van der Waals surface area contributed by atoms with Crippen molar-refractivity contribution in [2.75, 3.05) is 13.2 Å². The minimum absolute atomic E-state index is 0.217. The predicted molar refractivity (Wildman–Crippen MR) is 87.2 cm³/mol. The summed E-state index contributed by atoms with van der Waals surface area (Å²) in [5.41, 5.74) is 4.49. The molecular weight excluding hydrogens is 292 g/mol. The molecular formula is C17H26N4O2. The highest BCUT2D eigenvalue weighted by Crippen LogP contribution is 2.27. The van der Waals surface area contributed by atoms with E-state index in [1.54, 1.807) is 0 Å². The Morgan fingerprint density at radius 1 is 1.35 bits per heavy atom. The molecule has 0 aliphatic carbocycles. The van der Waals surface area contributed by atoms with Crippen molar-refractivity contribution < 1.29 is 9.26 Å². The lowest BCUT2D eigenvalue weighted by molar-refractivity contribution is 0.0844. The molecule has 0 saturated carbocycles. The molecule has 2 aromatic rings. The van der Waals surface area contributed by atoms with Crippen molar-refractivity contribution in [2.45, 2.75) is 52.1 Å². The van der Waals surface area contributed by atoms with Gasteiger partial charge in [-0.05, 0) is 39.7 Å². The van der Waals surface area contributed by atoms with Gasteiger partial charge in [0.25, 0.3) is 0 Å². The van der Waals surface area contributed by atoms with Gasteiger partial charge in [0.15, 0.2) is 0 Å². The minimum atomic E-state index is 0.217. The summed E-state index contributed by atoms with van der Waals surface area (Å²) in [6, 6.07) is 2.45. The molecule has 0 spiro atoms. The first kappa shape index (κ1) is 16.2. The highest BCUT2D eigenvalue weighted by Gasteiger charge is 2.21. The van der Waals surface area contributed by atoms with Crippen molar-refractivity contribution in [3.63, 3.8) is 0 Å². The molecule has 3 rings (SSSR count). The number of nitrogens with zero attached hydrogens (tertiary/aromatic N) is 3. The maximum Gasteiger partial charge on any atom is 0.138 e. The second kappa shape index (κ2) is 6.84. The van der Waals surface area contributed by atoms with Crippen molar-refractivity contribution in [1.82, 2.24) is 20.3 Å².